The minimum Gasteiger partial charge on any atom is -0.353 e. The van der Waals surface area contributed by atoms with Crippen LogP contribution in [-0.2, 0) is 9.59 Å². The number of hydrogen-bond acceptors (Lipinski definition) is 3. The maximum atomic E-state index is 11.8. The molecule has 0 saturated carbocycles. The molecule has 5 heteroatoms. The van der Waals surface area contributed by atoms with E-state index in [-0.39, 0.29) is 24.4 Å². The van der Waals surface area contributed by atoms with Crippen LogP contribution in [0.1, 0.15) is 32.6 Å². The van der Waals surface area contributed by atoms with Gasteiger partial charge in [0.15, 0.2) is 0 Å². The first-order chi connectivity index (χ1) is 9.17. The van der Waals surface area contributed by atoms with E-state index in [1.807, 2.05) is 11.8 Å². The fourth-order valence-corrected chi connectivity index (χ4v) is 2.15. The summed E-state index contributed by atoms with van der Waals surface area (Å²) in [6.45, 7) is 4.09. The second-order valence-electron chi connectivity index (χ2n) is 4.78. The summed E-state index contributed by atoms with van der Waals surface area (Å²) in [5.41, 5.74) is 0. The molecule has 1 aliphatic heterocycles. The Morgan fingerprint density at radius 3 is 2.63 bits per heavy atom. The maximum absolute atomic E-state index is 11.8. The van der Waals surface area contributed by atoms with Gasteiger partial charge in [0, 0.05) is 25.6 Å². The summed E-state index contributed by atoms with van der Waals surface area (Å²) < 4.78 is 0. The first-order valence-electron chi connectivity index (χ1n) is 6.88. The summed E-state index contributed by atoms with van der Waals surface area (Å²) in [5.74, 6) is 2.63. The highest BCUT2D eigenvalue weighted by molar-refractivity contribution is 5.78. The van der Waals surface area contributed by atoms with Crippen LogP contribution in [0.4, 0.5) is 0 Å². The summed E-state index contributed by atoms with van der Waals surface area (Å²) in [5, 5.41) is 5.91. The third-order valence-corrected chi connectivity index (χ3v) is 3.19. The van der Waals surface area contributed by atoms with Crippen LogP contribution in [0.15, 0.2) is 0 Å². The lowest BCUT2D eigenvalue weighted by molar-refractivity contribution is -0.131. The van der Waals surface area contributed by atoms with Gasteiger partial charge in [-0.05, 0) is 19.3 Å². The van der Waals surface area contributed by atoms with Crippen LogP contribution in [0, 0.1) is 12.3 Å². The van der Waals surface area contributed by atoms with E-state index in [1.165, 1.54) is 0 Å². The highest BCUT2D eigenvalue weighted by atomic mass is 16.2. The summed E-state index contributed by atoms with van der Waals surface area (Å²) in [7, 11) is 0. The lowest BCUT2D eigenvalue weighted by atomic mass is 10.0. The quantitative estimate of drug-likeness (QED) is 0.529. The fraction of sp³-hybridized carbons (Fsp3) is 0.714. The van der Waals surface area contributed by atoms with Crippen molar-refractivity contribution in [3.05, 3.63) is 0 Å². The zero-order valence-electron chi connectivity index (χ0n) is 11.6. The van der Waals surface area contributed by atoms with Crippen molar-refractivity contribution < 1.29 is 9.59 Å². The number of likely N-dealkylation sites (tertiary alicyclic amines) is 1. The lowest BCUT2D eigenvalue weighted by Crippen LogP contribution is -2.48. The van der Waals surface area contributed by atoms with E-state index in [9.17, 15) is 9.59 Å². The van der Waals surface area contributed by atoms with Gasteiger partial charge in [-0.2, -0.15) is 0 Å². The zero-order valence-corrected chi connectivity index (χ0v) is 11.6. The standard InChI is InChI=1S/C14H23N3O2/c1-3-5-13(18)16-12-6-9-17(10-7-12)14(19)11-15-8-4-2/h2,12,15H,3,5-11H2,1H3,(H,16,18). The van der Waals surface area contributed by atoms with Gasteiger partial charge in [0.2, 0.25) is 11.8 Å². The van der Waals surface area contributed by atoms with Crippen LogP contribution in [-0.4, -0.2) is 48.9 Å². The predicted molar refractivity (Wildman–Crippen MR) is 74.4 cm³/mol. The van der Waals surface area contributed by atoms with Crippen LogP contribution >= 0.6 is 0 Å². The number of nitrogens with one attached hydrogen (secondary N) is 2. The van der Waals surface area contributed by atoms with Gasteiger partial charge in [0.1, 0.15) is 0 Å². The Morgan fingerprint density at radius 1 is 1.37 bits per heavy atom. The number of amides is 2. The molecule has 0 aromatic rings. The normalized spacial score (nSPS) is 15.9. The monoisotopic (exact) mass is 265 g/mol. The molecule has 106 valence electrons. The molecule has 0 unspecified atom stereocenters. The Kier molecular flexibility index (Phi) is 6.98. The lowest BCUT2D eigenvalue weighted by Gasteiger charge is -2.32. The molecule has 19 heavy (non-hydrogen) atoms. The van der Waals surface area contributed by atoms with Gasteiger partial charge < -0.3 is 10.2 Å². The molecule has 5 nitrogen and oxygen atoms in total. The van der Waals surface area contributed by atoms with Crippen molar-refractivity contribution in [2.75, 3.05) is 26.2 Å². The fourth-order valence-electron chi connectivity index (χ4n) is 2.15. The van der Waals surface area contributed by atoms with Gasteiger partial charge in [-0.3, -0.25) is 14.9 Å². The number of piperidine rings is 1. The van der Waals surface area contributed by atoms with Crippen LogP contribution in [0.2, 0.25) is 0 Å². The molecule has 0 aromatic heterocycles. The van der Waals surface area contributed by atoms with Crippen molar-refractivity contribution >= 4 is 11.8 Å². The van der Waals surface area contributed by atoms with Gasteiger partial charge >= 0.3 is 0 Å². The van der Waals surface area contributed by atoms with E-state index in [2.05, 4.69) is 16.6 Å². The second-order valence-corrected chi connectivity index (χ2v) is 4.78. The average molecular weight is 265 g/mol. The van der Waals surface area contributed by atoms with Crippen molar-refractivity contribution in [3.63, 3.8) is 0 Å². The number of carbonyl (C=O) groups excluding carboxylic acids is 2. The van der Waals surface area contributed by atoms with E-state index >= 15 is 0 Å². The van der Waals surface area contributed by atoms with Crippen LogP contribution < -0.4 is 10.6 Å². The second kappa shape index (κ2) is 8.54. The highest BCUT2D eigenvalue weighted by Gasteiger charge is 2.23. The Morgan fingerprint density at radius 2 is 2.05 bits per heavy atom. The van der Waals surface area contributed by atoms with E-state index in [0.717, 1.165) is 19.3 Å². The van der Waals surface area contributed by atoms with Crippen molar-refractivity contribution in [1.29, 1.82) is 0 Å². The van der Waals surface area contributed by atoms with Crippen molar-refractivity contribution in [3.8, 4) is 12.3 Å². The van der Waals surface area contributed by atoms with E-state index in [4.69, 9.17) is 6.42 Å². The maximum Gasteiger partial charge on any atom is 0.236 e. The molecule has 0 aromatic carbocycles. The molecule has 1 saturated heterocycles. The SMILES string of the molecule is C#CCNCC(=O)N1CCC(NC(=O)CCC)CC1. The summed E-state index contributed by atoms with van der Waals surface area (Å²) in [4.78, 5) is 25.1. The number of terminal acetylenes is 1. The summed E-state index contributed by atoms with van der Waals surface area (Å²) in [6.07, 6.45) is 8.21. The van der Waals surface area contributed by atoms with Gasteiger partial charge in [-0.15, -0.1) is 6.42 Å². The van der Waals surface area contributed by atoms with E-state index in [0.29, 0.717) is 26.1 Å². The Bertz CT molecular complexity index is 341. The molecule has 2 amide bonds. The molecule has 1 heterocycles. The van der Waals surface area contributed by atoms with Crippen LogP contribution in [0.25, 0.3) is 0 Å². The van der Waals surface area contributed by atoms with Crippen molar-refractivity contribution in [1.82, 2.24) is 15.5 Å². The third-order valence-electron chi connectivity index (χ3n) is 3.19. The largest absolute Gasteiger partial charge is 0.353 e. The number of rotatable bonds is 6. The third kappa shape index (κ3) is 5.75. The number of nitrogens with zero attached hydrogens (tertiary/aromatic N) is 1. The molecule has 2 N–H and O–H groups in total. The van der Waals surface area contributed by atoms with Crippen LogP contribution in [0.3, 0.4) is 0 Å². The molecule has 1 aliphatic rings. The molecule has 1 fully saturated rings. The molecule has 0 aliphatic carbocycles. The minimum absolute atomic E-state index is 0.0774. The average Bonchev–Trinajstić information content (AvgIpc) is 2.40. The molecule has 1 rings (SSSR count). The topological polar surface area (TPSA) is 61.4 Å². The number of hydrogen-bond donors (Lipinski definition) is 2. The van der Waals surface area contributed by atoms with Gasteiger partial charge in [-0.1, -0.05) is 12.8 Å². The zero-order chi connectivity index (χ0) is 14.1. The van der Waals surface area contributed by atoms with Gasteiger partial charge in [0.05, 0.1) is 13.1 Å². The molecule has 0 radical (unpaired) electrons. The first kappa shape index (κ1) is 15.5. The van der Waals surface area contributed by atoms with Gasteiger partial charge in [-0.25, -0.2) is 0 Å². The van der Waals surface area contributed by atoms with Crippen LogP contribution in [0.5, 0.6) is 0 Å². The van der Waals surface area contributed by atoms with E-state index < -0.39 is 0 Å². The minimum atomic E-state index is 0.0774. The van der Waals surface area contributed by atoms with Gasteiger partial charge in [0.25, 0.3) is 0 Å². The molecule has 0 spiro atoms. The number of carbonyl (C=O) groups is 2. The molecule has 0 bridgehead atoms. The Labute approximate surface area is 115 Å². The Hall–Kier alpha value is -1.54. The Balaban J connectivity index is 2.23. The molecule has 0 atom stereocenters. The van der Waals surface area contributed by atoms with Crippen molar-refractivity contribution in [2.45, 2.75) is 38.6 Å². The summed E-state index contributed by atoms with van der Waals surface area (Å²) in [6, 6.07) is 0.210. The first-order valence-corrected chi connectivity index (χ1v) is 6.88. The summed E-state index contributed by atoms with van der Waals surface area (Å²) >= 11 is 0. The predicted octanol–water partition coefficient (Wildman–Crippen LogP) is 0.117. The van der Waals surface area contributed by atoms with Crippen molar-refractivity contribution in [2.24, 2.45) is 0 Å². The molecular weight excluding hydrogens is 242 g/mol. The smallest absolute Gasteiger partial charge is 0.236 e. The highest BCUT2D eigenvalue weighted by Crippen LogP contribution is 2.10. The van der Waals surface area contributed by atoms with E-state index in [1.54, 1.807) is 0 Å². The molecular formula is C14H23N3O2.